The summed E-state index contributed by atoms with van der Waals surface area (Å²) in [4.78, 5) is 29.6. The van der Waals surface area contributed by atoms with E-state index in [1.807, 2.05) is 37.3 Å². The molecular formula is C26H26N4O3S2. The van der Waals surface area contributed by atoms with Gasteiger partial charge in [-0.2, -0.15) is 5.10 Å². The third-order valence-electron chi connectivity index (χ3n) is 6.49. The number of benzene rings is 1. The molecule has 1 saturated carbocycles. The fraction of sp³-hybridized carbons (Fsp3) is 0.385. The number of nitrogens with one attached hydrogen (secondary N) is 1. The van der Waals surface area contributed by atoms with Gasteiger partial charge in [0.25, 0.3) is 11.8 Å². The second kappa shape index (κ2) is 9.61. The SMILES string of the molecule is Cc1c(C#CC2(O)CCC2)sc2c1SC[C@H](NC(=O)C1=NN=C(Cc3ccccc3)C1)C(=O)N2C. The highest BCUT2D eigenvalue weighted by Crippen LogP contribution is 2.44. The first kappa shape index (κ1) is 23.8. The van der Waals surface area contributed by atoms with Gasteiger partial charge in [0.2, 0.25) is 0 Å². The van der Waals surface area contributed by atoms with Crippen LogP contribution in [-0.4, -0.2) is 52.8 Å². The van der Waals surface area contributed by atoms with E-state index in [9.17, 15) is 14.7 Å². The van der Waals surface area contributed by atoms with Crippen LogP contribution in [0.3, 0.4) is 0 Å². The number of nitrogens with zero attached hydrogens (tertiary/aromatic N) is 3. The lowest BCUT2D eigenvalue weighted by Crippen LogP contribution is -2.50. The van der Waals surface area contributed by atoms with Gasteiger partial charge in [-0.25, -0.2) is 0 Å². The minimum atomic E-state index is -0.869. The second-order valence-electron chi connectivity index (χ2n) is 9.11. The Morgan fingerprint density at radius 3 is 2.77 bits per heavy atom. The van der Waals surface area contributed by atoms with E-state index in [1.54, 1.807) is 23.7 Å². The highest BCUT2D eigenvalue weighted by molar-refractivity contribution is 7.99. The molecule has 35 heavy (non-hydrogen) atoms. The smallest absolute Gasteiger partial charge is 0.268 e. The number of hydrogen-bond acceptors (Lipinski definition) is 7. The summed E-state index contributed by atoms with van der Waals surface area (Å²) >= 11 is 3.00. The molecule has 7 nitrogen and oxygen atoms in total. The van der Waals surface area contributed by atoms with E-state index >= 15 is 0 Å². The molecule has 3 heterocycles. The number of carbonyl (C=O) groups is 2. The monoisotopic (exact) mass is 506 g/mol. The predicted octanol–water partition coefficient (Wildman–Crippen LogP) is 3.32. The van der Waals surface area contributed by atoms with E-state index < -0.39 is 11.6 Å². The maximum atomic E-state index is 13.2. The maximum Gasteiger partial charge on any atom is 0.268 e. The molecule has 0 radical (unpaired) electrons. The molecule has 9 heteroatoms. The van der Waals surface area contributed by atoms with Crippen molar-refractivity contribution in [3.63, 3.8) is 0 Å². The molecule has 0 spiro atoms. The predicted molar refractivity (Wildman–Crippen MR) is 140 cm³/mol. The average molecular weight is 507 g/mol. The molecule has 2 amide bonds. The second-order valence-corrected chi connectivity index (χ2v) is 11.1. The molecule has 1 atom stereocenters. The first-order valence-electron chi connectivity index (χ1n) is 11.6. The van der Waals surface area contributed by atoms with Gasteiger partial charge in [-0.15, -0.1) is 28.2 Å². The third-order valence-corrected chi connectivity index (χ3v) is 9.19. The molecule has 180 valence electrons. The summed E-state index contributed by atoms with van der Waals surface area (Å²) in [6, 6.07) is 9.28. The Balaban J connectivity index is 1.23. The van der Waals surface area contributed by atoms with E-state index in [4.69, 9.17) is 0 Å². The average Bonchev–Trinajstić information content (AvgIpc) is 3.40. The Morgan fingerprint density at radius 2 is 2.06 bits per heavy atom. The van der Waals surface area contributed by atoms with E-state index in [0.717, 1.165) is 38.0 Å². The maximum absolute atomic E-state index is 13.2. The van der Waals surface area contributed by atoms with Crippen LogP contribution < -0.4 is 10.2 Å². The minimum Gasteiger partial charge on any atom is -0.378 e. The van der Waals surface area contributed by atoms with Gasteiger partial charge in [-0.05, 0) is 37.3 Å². The normalized spacial score (nSPS) is 20.6. The first-order valence-corrected chi connectivity index (χ1v) is 13.4. The van der Waals surface area contributed by atoms with E-state index in [-0.39, 0.29) is 11.8 Å². The number of rotatable bonds is 4. The quantitative estimate of drug-likeness (QED) is 0.622. The largest absolute Gasteiger partial charge is 0.378 e. The minimum absolute atomic E-state index is 0.174. The van der Waals surface area contributed by atoms with E-state index in [1.165, 1.54) is 11.3 Å². The van der Waals surface area contributed by atoms with Crippen LogP contribution in [-0.2, 0) is 16.0 Å². The number of aliphatic hydroxyl groups is 1. The molecule has 2 N–H and O–H groups in total. The summed E-state index contributed by atoms with van der Waals surface area (Å²) in [5.41, 5.74) is 2.42. The molecule has 2 aliphatic heterocycles. The molecule has 5 rings (SSSR count). The number of anilines is 1. The number of amides is 2. The van der Waals surface area contributed by atoms with Crippen LogP contribution in [0, 0.1) is 18.8 Å². The van der Waals surface area contributed by atoms with Crippen LogP contribution in [0.1, 0.15) is 41.7 Å². The van der Waals surface area contributed by atoms with Crippen LogP contribution in [0.5, 0.6) is 0 Å². The molecule has 0 unspecified atom stereocenters. The topological polar surface area (TPSA) is 94.4 Å². The van der Waals surface area contributed by atoms with Crippen molar-refractivity contribution in [2.45, 2.75) is 55.6 Å². The Kier molecular flexibility index (Phi) is 6.53. The number of thioether (sulfide) groups is 1. The summed E-state index contributed by atoms with van der Waals surface area (Å²) in [5.74, 6) is 6.04. The number of carbonyl (C=O) groups excluding carboxylic acids is 2. The van der Waals surface area contributed by atoms with Crippen molar-refractivity contribution in [1.82, 2.24) is 5.32 Å². The molecule has 0 saturated heterocycles. The van der Waals surface area contributed by atoms with Gasteiger partial charge in [-0.3, -0.25) is 9.59 Å². The zero-order valence-corrected chi connectivity index (χ0v) is 21.3. The highest BCUT2D eigenvalue weighted by atomic mass is 32.2. The van der Waals surface area contributed by atoms with Gasteiger partial charge in [0.1, 0.15) is 22.4 Å². The molecule has 1 fully saturated rings. The fourth-order valence-electron chi connectivity index (χ4n) is 4.17. The Hall–Kier alpha value is -2.93. The number of hydrogen-bond donors (Lipinski definition) is 2. The highest BCUT2D eigenvalue weighted by Gasteiger charge is 2.35. The Labute approximate surface area is 212 Å². The van der Waals surface area contributed by atoms with E-state index in [0.29, 0.717) is 37.1 Å². The summed E-state index contributed by atoms with van der Waals surface area (Å²) in [5, 5.41) is 22.3. The van der Waals surface area contributed by atoms with Crippen molar-refractivity contribution in [2.24, 2.45) is 10.2 Å². The van der Waals surface area contributed by atoms with Crippen molar-refractivity contribution in [1.29, 1.82) is 0 Å². The molecule has 1 aliphatic carbocycles. The summed E-state index contributed by atoms with van der Waals surface area (Å²) in [6.45, 7) is 1.99. The zero-order valence-electron chi connectivity index (χ0n) is 19.6. The lowest BCUT2D eigenvalue weighted by molar-refractivity contribution is -0.123. The van der Waals surface area contributed by atoms with E-state index in [2.05, 4.69) is 27.4 Å². The molecular weight excluding hydrogens is 480 g/mol. The zero-order chi connectivity index (χ0) is 24.6. The van der Waals surface area contributed by atoms with Crippen molar-refractivity contribution >= 4 is 51.3 Å². The fourth-order valence-corrected chi connectivity index (χ4v) is 6.70. The number of thiophene rings is 1. The van der Waals surface area contributed by atoms with Crippen LogP contribution in [0.15, 0.2) is 45.4 Å². The molecule has 3 aliphatic rings. The lowest BCUT2D eigenvalue weighted by atomic mass is 9.81. The van der Waals surface area contributed by atoms with Crippen LogP contribution in [0.2, 0.25) is 0 Å². The van der Waals surface area contributed by atoms with Crippen molar-refractivity contribution in [2.75, 3.05) is 17.7 Å². The Morgan fingerprint density at radius 1 is 1.29 bits per heavy atom. The van der Waals surface area contributed by atoms with Gasteiger partial charge in [0.15, 0.2) is 0 Å². The first-order chi connectivity index (χ1) is 16.8. The van der Waals surface area contributed by atoms with Gasteiger partial charge in [-0.1, -0.05) is 42.2 Å². The van der Waals surface area contributed by atoms with Crippen LogP contribution >= 0.6 is 23.1 Å². The third kappa shape index (κ3) is 4.92. The van der Waals surface area contributed by atoms with Crippen molar-refractivity contribution in [3.05, 3.63) is 46.3 Å². The molecule has 0 bridgehead atoms. The summed E-state index contributed by atoms with van der Waals surface area (Å²) in [6.07, 6.45) is 3.44. The molecule has 1 aromatic carbocycles. The van der Waals surface area contributed by atoms with Gasteiger partial charge < -0.3 is 15.3 Å². The molecule has 1 aromatic heterocycles. The lowest BCUT2D eigenvalue weighted by Gasteiger charge is -2.30. The summed E-state index contributed by atoms with van der Waals surface area (Å²) in [7, 11) is 1.73. The summed E-state index contributed by atoms with van der Waals surface area (Å²) < 4.78 is 0. The van der Waals surface area contributed by atoms with Crippen LogP contribution in [0.4, 0.5) is 5.00 Å². The van der Waals surface area contributed by atoms with Gasteiger partial charge >= 0.3 is 0 Å². The molecule has 2 aromatic rings. The number of likely N-dealkylation sites (N-methyl/N-ethyl adjacent to an activating group) is 1. The standard InChI is InChI=1S/C26H26N4O3S2/c1-16-21(9-12-26(33)10-6-11-26)35-25-22(16)34-15-20(24(32)30(25)2)27-23(31)19-14-18(28-29-19)13-17-7-4-3-5-8-17/h3-5,7-8,20,33H,6,10-11,13-15H2,1-2H3,(H,27,31)/t20-/m0/s1. The van der Waals surface area contributed by atoms with Crippen LogP contribution in [0.25, 0.3) is 0 Å². The van der Waals surface area contributed by atoms with Gasteiger partial charge in [0, 0.05) is 30.5 Å². The van der Waals surface area contributed by atoms with Crippen molar-refractivity contribution < 1.29 is 14.7 Å². The number of fused-ring (bicyclic) bond motifs is 1. The van der Waals surface area contributed by atoms with Gasteiger partial charge in [0.05, 0.1) is 10.6 Å². The van der Waals surface area contributed by atoms with Crippen molar-refractivity contribution in [3.8, 4) is 11.8 Å². The Bertz CT molecular complexity index is 1300.